The maximum atomic E-state index is 14.0. The third-order valence-corrected chi connectivity index (χ3v) is 9.00. The third kappa shape index (κ3) is 6.38. The highest BCUT2D eigenvalue weighted by Gasteiger charge is 2.47. The molecule has 10 nitrogen and oxygen atoms in total. The number of pyridine rings is 1. The monoisotopic (exact) mass is 578 g/mol. The zero-order valence-corrected chi connectivity index (χ0v) is 25.1. The van der Waals surface area contributed by atoms with Crippen LogP contribution in [0.25, 0.3) is 0 Å². The van der Waals surface area contributed by atoms with Gasteiger partial charge in [-0.2, -0.15) is 0 Å². The molecule has 2 saturated heterocycles. The van der Waals surface area contributed by atoms with Crippen molar-refractivity contribution in [1.82, 2.24) is 14.7 Å². The molecule has 226 valence electrons. The number of carbonyl (C=O) groups is 3. The summed E-state index contributed by atoms with van der Waals surface area (Å²) < 4.78 is 7.63. The third-order valence-electron chi connectivity index (χ3n) is 9.00. The number of aryl methyl sites for hydroxylation is 1. The van der Waals surface area contributed by atoms with Gasteiger partial charge in [0, 0.05) is 64.2 Å². The van der Waals surface area contributed by atoms with E-state index < -0.39 is 11.9 Å². The number of hydrogen-bond acceptors (Lipinski definition) is 5. The van der Waals surface area contributed by atoms with E-state index in [9.17, 15) is 19.5 Å². The number of unbranched alkanes of at least 4 members (excludes halogenated alkanes) is 1. The summed E-state index contributed by atoms with van der Waals surface area (Å²) in [5, 5.41) is 10.6. The molecule has 3 atom stereocenters. The van der Waals surface area contributed by atoms with Crippen molar-refractivity contribution in [3.63, 3.8) is 0 Å². The Hall–Kier alpha value is -3.66. The molecule has 0 unspecified atom stereocenters. The fraction of sp³-hybridized carbons (Fsp3) is 0.562. The van der Waals surface area contributed by atoms with Crippen LogP contribution < -0.4 is 14.2 Å². The quantitative estimate of drug-likeness (QED) is 0.412. The summed E-state index contributed by atoms with van der Waals surface area (Å²) in [5.74, 6) is -1.02. The van der Waals surface area contributed by atoms with Crippen molar-refractivity contribution in [2.75, 3.05) is 57.8 Å². The lowest BCUT2D eigenvalue weighted by Crippen LogP contribution is -2.50. The number of aromatic nitrogens is 1. The number of likely N-dealkylation sites (tertiary alicyclic amines) is 1. The molecule has 42 heavy (non-hydrogen) atoms. The van der Waals surface area contributed by atoms with Crippen LogP contribution in [0.1, 0.15) is 49.7 Å². The lowest BCUT2D eigenvalue weighted by atomic mass is 9.83. The molecule has 0 aliphatic carbocycles. The summed E-state index contributed by atoms with van der Waals surface area (Å²) in [4.78, 5) is 47.2. The molecule has 1 aromatic heterocycles. The van der Waals surface area contributed by atoms with E-state index in [0.717, 1.165) is 54.8 Å². The molecule has 1 N–H and O–H groups in total. The van der Waals surface area contributed by atoms with Crippen molar-refractivity contribution >= 4 is 23.6 Å². The normalized spacial score (nSPS) is 22.3. The number of carbonyl (C=O) groups excluding carboxylic acids is 2. The Morgan fingerprint density at radius 2 is 2.05 bits per heavy atom. The lowest BCUT2D eigenvalue weighted by molar-refractivity contribution is -0.670. The molecule has 4 heterocycles. The van der Waals surface area contributed by atoms with Crippen molar-refractivity contribution < 1.29 is 28.8 Å². The van der Waals surface area contributed by atoms with Crippen LogP contribution in [0.2, 0.25) is 0 Å². The minimum atomic E-state index is -0.864. The van der Waals surface area contributed by atoms with Gasteiger partial charge in [-0.1, -0.05) is 25.5 Å². The molecule has 0 saturated carbocycles. The van der Waals surface area contributed by atoms with Crippen molar-refractivity contribution in [2.45, 2.75) is 51.0 Å². The summed E-state index contributed by atoms with van der Waals surface area (Å²) in [6.45, 7) is 5.78. The molecule has 1 aromatic carbocycles. The maximum Gasteiger partial charge on any atom is 0.319 e. The van der Waals surface area contributed by atoms with E-state index in [1.54, 1.807) is 11.9 Å². The highest BCUT2D eigenvalue weighted by Crippen LogP contribution is 2.41. The minimum absolute atomic E-state index is 0.0217. The van der Waals surface area contributed by atoms with Gasteiger partial charge in [0.15, 0.2) is 12.4 Å². The van der Waals surface area contributed by atoms with Gasteiger partial charge in [0.2, 0.25) is 5.91 Å². The van der Waals surface area contributed by atoms with Crippen molar-refractivity contribution in [3.8, 4) is 5.75 Å². The van der Waals surface area contributed by atoms with E-state index in [1.165, 1.54) is 0 Å². The number of ether oxygens (including phenoxy) is 1. The number of aliphatic carboxylic acids is 1. The van der Waals surface area contributed by atoms with Gasteiger partial charge in [0.05, 0.1) is 19.1 Å². The van der Waals surface area contributed by atoms with Gasteiger partial charge in [0.25, 0.3) is 0 Å². The number of hydrogen-bond donors (Lipinski definition) is 1. The van der Waals surface area contributed by atoms with E-state index in [0.29, 0.717) is 39.2 Å². The molecule has 0 bridgehead atoms. The molecule has 3 aliphatic rings. The SMILES string of the molecule is CCCCN(C(=O)CN1C[C@H](c2ccc3c(c2)CCO3)[C@@H](C(=O)O)[C@@H]1CCN1CCCN(C)C1=O)c1ccc[n+](C)c1. The Labute approximate surface area is 248 Å². The number of fused-ring (bicyclic) bond motifs is 1. The first-order valence-corrected chi connectivity index (χ1v) is 15.2. The average molecular weight is 579 g/mol. The molecule has 2 fully saturated rings. The first kappa shape index (κ1) is 29.8. The first-order chi connectivity index (χ1) is 20.3. The summed E-state index contributed by atoms with van der Waals surface area (Å²) >= 11 is 0. The Bertz CT molecular complexity index is 1300. The number of carboxylic acids is 1. The van der Waals surface area contributed by atoms with Crippen molar-refractivity contribution in [2.24, 2.45) is 13.0 Å². The molecule has 2 aromatic rings. The van der Waals surface area contributed by atoms with Gasteiger partial charge in [-0.15, -0.1) is 0 Å². The maximum absolute atomic E-state index is 14.0. The smallest absolute Gasteiger partial charge is 0.319 e. The van der Waals surface area contributed by atoms with Crippen LogP contribution in [0, 0.1) is 5.92 Å². The second-order valence-corrected chi connectivity index (χ2v) is 11.9. The number of anilines is 1. The fourth-order valence-electron chi connectivity index (χ4n) is 6.76. The summed E-state index contributed by atoms with van der Waals surface area (Å²) in [7, 11) is 3.74. The Kier molecular flexibility index (Phi) is 9.30. The Morgan fingerprint density at radius 1 is 1.21 bits per heavy atom. The number of carboxylic acid groups (broad SMARTS) is 1. The predicted molar refractivity (Wildman–Crippen MR) is 159 cm³/mol. The second kappa shape index (κ2) is 13.1. The minimum Gasteiger partial charge on any atom is -0.493 e. The molecular weight excluding hydrogens is 534 g/mol. The molecule has 5 rings (SSSR count). The number of urea groups is 1. The summed E-state index contributed by atoms with van der Waals surface area (Å²) in [6, 6.07) is 9.49. The molecular formula is C32H44N5O5+. The molecule has 3 amide bonds. The van der Waals surface area contributed by atoms with Crippen LogP contribution in [0.4, 0.5) is 10.5 Å². The lowest BCUT2D eigenvalue weighted by Gasteiger charge is -2.35. The zero-order valence-electron chi connectivity index (χ0n) is 25.1. The van der Waals surface area contributed by atoms with Crippen LogP contribution in [0.15, 0.2) is 42.7 Å². The second-order valence-electron chi connectivity index (χ2n) is 11.9. The van der Waals surface area contributed by atoms with E-state index in [4.69, 9.17) is 4.74 Å². The highest BCUT2D eigenvalue weighted by atomic mass is 16.5. The first-order valence-electron chi connectivity index (χ1n) is 15.2. The van der Waals surface area contributed by atoms with Gasteiger partial charge in [-0.3, -0.25) is 14.5 Å². The Morgan fingerprint density at radius 3 is 2.81 bits per heavy atom. The van der Waals surface area contributed by atoms with Gasteiger partial charge in [-0.25, -0.2) is 9.36 Å². The van der Waals surface area contributed by atoms with Gasteiger partial charge >= 0.3 is 12.0 Å². The van der Waals surface area contributed by atoms with Crippen LogP contribution >= 0.6 is 0 Å². The number of rotatable bonds is 11. The summed E-state index contributed by atoms with van der Waals surface area (Å²) in [6.07, 6.45) is 7.90. The summed E-state index contributed by atoms with van der Waals surface area (Å²) in [5.41, 5.74) is 2.91. The Balaban J connectivity index is 1.43. The zero-order chi connectivity index (χ0) is 29.8. The topological polar surface area (TPSA) is 97.5 Å². The van der Waals surface area contributed by atoms with Crippen molar-refractivity contribution in [1.29, 1.82) is 0 Å². The average Bonchev–Trinajstić information content (AvgIpc) is 3.58. The van der Waals surface area contributed by atoms with Crippen LogP contribution in [0.5, 0.6) is 5.75 Å². The van der Waals surface area contributed by atoms with Crippen LogP contribution in [0.3, 0.4) is 0 Å². The van der Waals surface area contributed by atoms with E-state index in [-0.39, 0.29) is 30.4 Å². The molecule has 10 heteroatoms. The number of amides is 3. The fourth-order valence-corrected chi connectivity index (χ4v) is 6.76. The highest BCUT2D eigenvalue weighted by molar-refractivity contribution is 5.94. The predicted octanol–water partition coefficient (Wildman–Crippen LogP) is 2.90. The van der Waals surface area contributed by atoms with Gasteiger partial charge in [0.1, 0.15) is 18.5 Å². The van der Waals surface area contributed by atoms with E-state index in [1.807, 2.05) is 58.1 Å². The van der Waals surface area contributed by atoms with Gasteiger partial charge < -0.3 is 24.5 Å². The van der Waals surface area contributed by atoms with E-state index in [2.05, 4.69) is 17.9 Å². The molecule has 0 radical (unpaired) electrons. The number of benzene rings is 1. The van der Waals surface area contributed by atoms with Crippen LogP contribution in [-0.4, -0.2) is 96.7 Å². The van der Waals surface area contributed by atoms with Crippen LogP contribution in [-0.2, 0) is 23.1 Å². The van der Waals surface area contributed by atoms with E-state index >= 15 is 0 Å². The van der Waals surface area contributed by atoms with Gasteiger partial charge in [-0.05, 0) is 42.5 Å². The molecule has 3 aliphatic heterocycles. The standard InChI is InChI=1S/C32H43N5O5/c1-4-5-16-37(25-8-6-13-33(2)20-25)29(38)22-36-21-26(23-9-10-28-24(19-23)12-18-42-28)30(31(39)40)27(36)11-17-35-15-7-14-34(3)32(35)41/h6,8-10,13,19-20,26-27,30H,4-5,7,11-12,14-18,21-22H2,1-3H3/p+1/t26-,27+,30-/m1/s1. The molecule has 0 spiro atoms. The largest absolute Gasteiger partial charge is 0.493 e. The van der Waals surface area contributed by atoms with Crippen molar-refractivity contribution in [3.05, 3.63) is 53.9 Å². The number of nitrogens with zero attached hydrogens (tertiary/aromatic N) is 5.